The van der Waals surface area contributed by atoms with E-state index in [0.717, 1.165) is 18.8 Å². The summed E-state index contributed by atoms with van der Waals surface area (Å²) >= 11 is 0. The Morgan fingerprint density at radius 1 is 1.44 bits per heavy atom. The molecule has 3 heteroatoms. The third-order valence-corrected chi connectivity index (χ3v) is 3.72. The van der Waals surface area contributed by atoms with Crippen LogP contribution in [0.5, 0.6) is 0 Å². The van der Waals surface area contributed by atoms with Crippen molar-refractivity contribution in [2.75, 3.05) is 7.05 Å². The van der Waals surface area contributed by atoms with Crippen molar-refractivity contribution in [2.24, 2.45) is 5.92 Å². The number of likely N-dealkylation sites (N-methyl/N-ethyl adjacent to an activating group) is 1. The second-order valence-electron chi connectivity index (χ2n) is 5.34. The smallest absolute Gasteiger partial charge is 0.326 e. The van der Waals surface area contributed by atoms with E-state index in [2.05, 4.69) is 12.2 Å². The molecule has 16 heavy (non-hydrogen) atoms. The lowest BCUT2D eigenvalue weighted by Crippen LogP contribution is -2.47. The van der Waals surface area contributed by atoms with Gasteiger partial charge >= 0.3 is 5.97 Å². The Bertz CT molecular complexity index is 238. The van der Waals surface area contributed by atoms with E-state index in [1.807, 2.05) is 13.8 Å². The van der Waals surface area contributed by atoms with Gasteiger partial charge in [0.25, 0.3) is 0 Å². The molecule has 0 saturated heterocycles. The molecule has 0 aliphatic heterocycles. The lowest BCUT2D eigenvalue weighted by molar-refractivity contribution is -0.157. The summed E-state index contributed by atoms with van der Waals surface area (Å²) in [4.78, 5) is 11.9. The number of carbonyl (C=O) groups is 1. The van der Waals surface area contributed by atoms with Crippen LogP contribution in [0.25, 0.3) is 0 Å². The van der Waals surface area contributed by atoms with E-state index < -0.39 is 5.54 Å². The maximum Gasteiger partial charge on any atom is 0.326 e. The highest BCUT2D eigenvalue weighted by atomic mass is 16.5. The lowest BCUT2D eigenvalue weighted by atomic mass is 9.85. The largest absolute Gasteiger partial charge is 0.461 e. The van der Waals surface area contributed by atoms with E-state index in [1.165, 1.54) is 19.3 Å². The molecule has 0 aromatic rings. The summed E-state index contributed by atoms with van der Waals surface area (Å²) < 4.78 is 5.58. The van der Waals surface area contributed by atoms with E-state index in [-0.39, 0.29) is 12.1 Å². The van der Waals surface area contributed by atoms with Crippen LogP contribution in [0.15, 0.2) is 0 Å². The molecular formula is C13H25NO2. The zero-order valence-corrected chi connectivity index (χ0v) is 11.0. The highest BCUT2D eigenvalue weighted by molar-refractivity contribution is 5.79. The minimum Gasteiger partial charge on any atom is -0.461 e. The van der Waals surface area contributed by atoms with Crippen molar-refractivity contribution in [1.29, 1.82) is 0 Å². The van der Waals surface area contributed by atoms with Crippen LogP contribution in [0.3, 0.4) is 0 Å². The second-order valence-corrected chi connectivity index (χ2v) is 5.34. The van der Waals surface area contributed by atoms with Crippen molar-refractivity contribution >= 4 is 5.97 Å². The Balaban J connectivity index is 2.45. The van der Waals surface area contributed by atoms with Crippen LogP contribution in [0.4, 0.5) is 0 Å². The highest BCUT2D eigenvalue weighted by Crippen LogP contribution is 2.29. The molecule has 0 aromatic heterocycles. The Morgan fingerprint density at radius 2 is 2.12 bits per heavy atom. The van der Waals surface area contributed by atoms with Gasteiger partial charge in [0.05, 0.1) is 0 Å². The molecule has 1 aliphatic carbocycles. The van der Waals surface area contributed by atoms with Crippen LogP contribution in [0, 0.1) is 5.92 Å². The fraction of sp³-hybridized carbons (Fsp3) is 0.923. The molecule has 0 spiro atoms. The van der Waals surface area contributed by atoms with Gasteiger partial charge in [-0.15, -0.1) is 0 Å². The molecule has 1 N–H and O–H groups in total. The topological polar surface area (TPSA) is 38.3 Å². The molecule has 94 valence electrons. The van der Waals surface area contributed by atoms with Crippen molar-refractivity contribution in [3.63, 3.8) is 0 Å². The molecular weight excluding hydrogens is 202 g/mol. The average Bonchev–Trinajstić information content (AvgIpc) is 2.29. The Hall–Kier alpha value is -0.570. The first kappa shape index (κ1) is 13.5. The van der Waals surface area contributed by atoms with Crippen LogP contribution in [-0.4, -0.2) is 24.7 Å². The molecule has 0 heterocycles. The van der Waals surface area contributed by atoms with E-state index in [0.29, 0.717) is 0 Å². The Kier molecular flexibility index (Phi) is 4.78. The van der Waals surface area contributed by atoms with Gasteiger partial charge in [-0.3, -0.25) is 4.79 Å². The maximum atomic E-state index is 11.9. The third-order valence-electron chi connectivity index (χ3n) is 3.72. The van der Waals surface area contributed by atoms with Crippen molar-refractivity contribution in [3.05, 3.63) is 0 Å². The molecule has 1 aliphatic rings. The zero-order chi connectivity index (χ0) is 12.2. The van der Waals surface area contributed by atoms with Crippen LogP contribution < -0.4 is 5.32 Å². The maximum absolute atomic E-state index is 11.9. The van der Waals surface area contributed by atoms with Crippen LogP contribution in [0.2, 0.25) is 0 Å². The first-order valence-corrected chi connectivity index (χ1v) is 6.39. The number of carbonyl (C=O) groups excluding carboxylic acids is 1. The molecule has 3 nitrogen and oxygen atoms in total. The second kappa shape index (κ2) is 5.67. The van der Waals surface area contributed by atoms with Crippen molar-refractivity contribution in [1.82, 2.24) is 5.32 Å². The summed E-state index contributed by atoms with van der Waals surface area (Å²) in [6.45, 7) is 5.93. The average molecular weight is 227 g/mol. The summed E-state index contributed by atoms with van der Waals surface area (Å²) in [6.07, 6.45) is 5.89. The fourth-order valence-electron chi connectivity index (χ4n) is 2.12. The molecule has 1 rings (SSSR count). The summed E-state index contributed by atoms with van der Waals surface area (Å²) in [5, 5.41) is 2.98. The fourth-order valence-corrected chi connectivity index (χ4v) is 2.12. The van der Waals surface area contributed by atoms with Gasteiger partial charge in [0.2, 0.25) is 0 Å². The number of hydrogen-bond acceptors (Lipinski definition) is 3. The summed E-state index contributed by atoms with van der Waals surface area (Å²) in [7, 11) is 1.79. The van der Waals surface area contributed by atoms with Crippen LogP contribution in [0.1, 0.15) is 52.9 Å². The molecule has 2 atom stereocenters. The summed E-state index contributed by atoms with van der Waals surface area (Å²) in [5.74, 6) is 0.612. The number of esters is 1. The number of ether oxygens (including phenoxy) is 1. The summed E-state index contributed by atoms with van der Waals surface area (Å²) in [6, 6.07) is 0. The quantitative estimate of drug-likeness (QED) is 0.750. The van der Waals surface area contributed by atoms with Crippen molar-refractivity contribution < 1.29 is 9.53 Å². The minimum absolute atomic E-state index is 0.128. The number of hydrogen-bond donors (Lipinski definition) is 1. The predicted octanol–water partition coefficient (Wildman–Crippen LogP) is 2.50. The molecule has 1 saturated carbocycles. The molecule has 2 unspecified atom stereocenters. The van der Waals surface area contributed by atoms with Gasteiger partial charge in [0, 0.05) is 0 Å². The molecule has 1 fully saturated rings. The van der Waals surface area contributed by atoms with Crippen LogP contribution >= 0.6 is 0 Å². The predicted molar refractivity (Wildman–Crippen MR) is 65.3 cm³/mol. The standard InChI is InChI=1S/C13H25NO2/c1-5-10-7-6-8-11(9-10)16-12(15)13(2,3)14-4/h10-11,14H,5-9H2,1-4H3. The van der Waals surface area contributed by atoms with E-state index in [1.54, 1.807) is 7.05 Å². The van der Waals surface area contributed by atoms with Gasteiger partial charge in [-0.2, -0.15) is 0 Å². The number of rotatable bonds is 4. The SMILES string of the molecule is CCC1CCCC(OC(=O)C(C)(C)NC)C1. The van der Waals surface area contributed by atoms with Crippen molar-refractivity contribution in [2.45, 2.75) is 64.5 Å². The van der Waals surface area contributed by atoms with Gasteiger partial charge < -0.3 is 10.1 Å². The molecule has 0 aromatic carbocycles. The van der Waals surface area contributed by atoms with E-state index >= 15 is 0 Å². The van der Waals surface area contributed by atoms with Gasteiger partial charge in [0.1, 0.15) is 11.6 Å². The Labute approximate surface area is 98.9 Å². The summed E-state index contributed by atoms with van der Waals surface area (Å²) in [5.41, 5.74) is -0.570. The number of nitrogens with one attached hydrogen (secondary N) is 1. The zero-order valence-electron chi connectivity index (χ0n) is 11.0. The first-order chi connectivity index (χ1) is 7.49. The van der Waals surface area contributed by atoms with Gasteiger partial charge in [-0.25, -0.2) is 0 Å². The first-order valence-electron chi connectivity index (χ1n) is 6.39. The highest BCUT2D eigenvalue weighted by Gasteiger charge is 2.31. The lowest BCUT2D eigenvalue weighted by Gasteiger charge is -2.31. The van der Waals surface area contributed by atoms with Gasteiger partial charge in [-0.1, -0.05) is 19.8 Å². The van der Waals surface area contributed by atoms with Crippen molar-refractivity contribution in [3.8, 4) is 0 Å². The van der Waals surface area contributed by atoms with Crippen LogP contribution in [-0.2, 0) is 9.53 Å². The molecule has 0 amide bonds. The monoisotopic (exact) mass is 227 g/mol. The minimum atomic E-state index is -0.570. The third kappa shape index (κ3) is 3.48. The van der Waals surface area contributed by atoms with E-state index in [9.17, 15) is 4.79 Å². The molecule has 0 radical (unpaired) electrons. The normalized spacial score (nSPS) is 26.5. The van der Waals surface area contributed by atoms with E-state index in [4.69, 9.17) is 4.74 Å². The van der Waals surface area contributed by atoms with Gasteiger partial charge in [0.15, 0.2) is 0 Å². The van der Waals surface area contributed by atoms with Gasteiger partial charge in [-0.05, 0) is 46.1 Å². The molecule has 0 bridgehead atoms. The Morgan fingerprint density at radius 3 is 2.69 bits per heavy atom.